The number of esters is 4. The fourth-order valence-corrected chi connectivity index (χ4v) is 19.8. The number of unbranched alkanes of at least 4 members (excludes halogenated alkanes) is 6. The van der Waals surface area contributed by atoms with Crippen LogP contribution in [-0.2, 0) is 140 Å². The van der Waals surface area contributed by atoms with Gasteiger partial charge in [-0.15, -0.1) is 11.8 Å². The van der Waals surface area contributed by atoms with Crippen LogP contribution in [0, 0.1) is 0 Å². The lowest BCUT2D eigenvalue weighted by atomic mass is 10.0. The van der Waals surface area contributed by atoms with E-state index in [2.05, 4.69) is 115 Å². The highest BCUT2D eigenvalue weighted by Crippen LogP contribution is 2.33. The SMILES string of the molecule is COC(=O)CSC(=O)CCCC(=O)NCCCC[C@H](NC(=O)CCCC(=O)SCC(=O)OC)C(=O)NCC(=O)NCCCCC(NC(=O)CNC(=O)[C@H](CCCCNC(=O)CCCC(=O)SCC(=O)OC)NC(=O)CCCC(=O)SCC(=O)OC)C(=O)NCCCCC(NC(=O)CNC(=O)C1CSCN1)C(=O)NCC(=O)NC(CCCCNC(=O)CCCCC1SCC2NC(=O)NC21)C(=O)NC(Cc1ccc(O)cc1)C(N)=O. The number of hydrogen-bond acceptors (Lipinski definition) is 37. The fourth-order valence-electron chi connectivity index (χ4n) is 14.6. The van der Waals surface area contributed by atoms with Gasteiger partial charge in [-0.2, -0.15) is 11.8 Å². The van der Waals surface area contributed by atoms with Crippen LogP contribution in [0.2, 0.25) is 0 Å². The third-order valence-corrected chi connectivity index (χ3v) is 28.8. The molecule has 21 N–H and O–H groups in total. The van der Waals surface area contributed by atoms with E-state index in [1.807, 2.05) is 0 Å². The quantitative estimate of drug-likeness (QED) is 0.0146. The second kappa shape index (κ2) is 76.0. The Balaban J connectivity index is 1.51. The first kappa shape index (κ1) is 129. The summed E-state index contributed by atoms with van der Waals surface area (Å²) in [6, 6.07) is -2.89. The average molecular weight is 2200 g/mol. The highest BCUT2D eigenvalue weighted by Gasteiger charge is 2.43. The molecule has 3 saturated heterocycles. The maximum absolute atomic E-state index is 14.4. The molecular weight excluding hydrogens is 2060 g/mol. The van der Waals surface area contributed by atoms with E-state index >= 15 is 0 Å². The molecular formula is C93H143N19O30S6. The number of ether oxygens (including phenoxy) is 4. The predicted molar refractivity (Wildman–Crippen MR) is 550 cm³/mol. The number of methoxy groups -OCH3 is 4. The number of carbonyl (C=O) groups excluding carboxylic acids is 25. The highest BCUT2D eigenvalue weighted by molar-refractivity contribution is 8.15. The summed E-state index contributed by atoms with van der Waals surface area (Å²) in [5.74, 6) is -12.7. The van der Waals surface area contributed by atoms with Gasteiger partial charge in [0.15, 0.2) is 20.5 Å². The number of fused-ring (bicyclic) bond motifs is 1. The molecule has 3 aliphatic heterocycles. The number of thioether (sulfide) groups is 6. The van der Waals surface area contributed by atoms with E-state index in [9.17, 15) is 125 Å². The second-order valence-electron chi connectivity index (χ2n) is 34.5. The zero-order valence-electron chi connectivity index (χ0n) is 83.8. The molecule has 3 aliphatic rings. The van der Waals surface area contributed by atoms with Gasteiger partial charge < -0.3 is 120 Å². The lowest BCUT2D eigenvalue weighted by Gasteiger charge is -2.23. The van der Waals surface area contributed by atoms with Gasteiger partial charge in [0.05, 0.1) is 95.8 Å². The molecule has 0 aliphatic carbocycles. The molecule has 0 radical (unpaired) electrons. The summed E-state index contributed by atoms with van der Waals surface area (Å²) in [5, 5.41) is 56.9. The van der Waals surface area contributed by atoms with Crippen LogP contribution in [0.1, 0.15) is 205 Å². The van der Waals surface area contributed by atoms with Crippen molar-refractivity contribution in [2.24, 2.45) is 5.73 Å². The van der Waals surface area contributed by atoms with Gasteiger partial charge in [0, 0.05) is 120 Å². The van der Waals surface area contributed by atoms with Gasteiger partial charge >= 0.3 is 29.9 Å². The van der Waals surface area contributed by atoms with Crippen molar-refractivity contribution in [2.45, 2.75) is 265 Å². The van der Waals surface area contributed by atoms with Crippen LogP contribution >= 0.6 is 70.6 Å². The Bertz CT molecular complexity index is 4590. The summed E-state index contributed by atoms with van der Waals surface area (Å²) in [6.45, 7) is -2.48. The molecule has 0 saturated carbocycles. The third kappa shape index (κ3) is 59.0. The first-order chi connectivity index (χ1) is 70.9. The Morgan fingerprint density at radius 2 is 0.703 bits per heavy atom. The maximum Gasteiger partial charge on any atom is 0.316 e. The molecule has 1 aromatic carbocycles. The number of primary amides is 1. The van der Waals surface area contributed by atoms with Crippen LogP contribution < -0.4 is 101 Å². The number of phenols is 1. The van der Waals surface area contributed by atoms with Crippen LogP contribution in [0.4, 0.5) is 4.79 Å². The number of benzene rings is 1. The Morgan fingerprint density at radius 3 is 1.07 bits per heavy atom. The summed E-state index contributed by atoms with van der Waals surface area (Å²) in [6.07, 6.45) is 3.81. The Morgan fingerprint density at radius 1 is 0.365 bits per heavy atom. The largest absolute Gasteiger partial charge is 0.508 e. The second-order valence-corrected chi connectivity index (χ2v) is 40.9. The lowest BCUT2D eigenvalue weighted by Crippen LogP contribution is -2.55. The Labute approximate surface area is 883 Å². The van der Waals surface area contributed by atoms with Crippen molar-refractivity contribution < 1.29 is 144 Å². The van der Waals surface area contributed by atoms with Gasteiger partial charge in [-0.25, -0.2) is 4.79 Å². The van der Waals surface area contributed by atoms with Crippen LogP contribution in [0.15, 0.2) is 24.3 Å². The van der Waals surface area contributed by atoms with Crippen molar-refractivity contribution in [1.29, 1.82) is 0 Å². The standard InChI is InChI=1S/C93H143N19O30S6/c1-139-77(123)52-145-81(127)32-17-28-69(115)96-41-12-7-22-60(105-71(117)30-19-34-83(129)147-54-79(125)141-3)88(133)100-46-73(119)98-43-15-9-21-59(107-74(120)47-101-89(134)61(106-72(118)31-20-35-84(130)148-55-80(126)142-4)23-8-13-42-97-70(116)29-18-33-82(128)146-53-78(124)140-2)87(132)99-44-16-11-24-62(108-75(121)49-103-91(136)66-50-143-56-104-66)90(135)102-48-76(122)109-63(92(137)110-64(86(94)131)45-57-36-38-58(113)39-37-57)25-10-14-40-95-68(114)27-6-5-26-67-85-65(51-144-67)111-93(138)112-85/h36-39,59-67,85,104,113H,5-35,40-56H2,1-4H3,(H2,94,131)(H,95,114)(H,96,115)(H,97,116)(H,98,119)(H,99,132)(H,100,133)(H,101,134)(H,102,135)(H,103,136)(H,105,117)(H,106,118)(H,107,120)(H,108,121)(H,109,122)(H,110,137)(H2,111,112,138)/t59?,60-,61-,62?,63?,64?,65?,66?,67?,85?/m0/s1. The molecule has 10 atom stereocenters. The molecule has 0 spiro atoms. The first-order valence-corrected chi connectivity index (χ1v) is 55.2. The molecule has 8 unspecified atom stereocenters. The van der Waals surface area contributed by atoms with Gasteiger partial charge in [-0.05, 0) is 153 Å². The van der Waals surface area contributed by atoms with Gasteiger partial charge in [-0.3, -0.25) is 120 Å². The smallest absolute Gasteiger partial charge is 0.316 e. The molecule has 3 fully saturated rings. The molecule has 0 aromatic heterocycles. The first-order valence-electron chi connectivity index (χ1n) is 49.1. The van der Waals surface area contributed by atoms with E-state index < -0.39 is 174 Å². The number of rotatable bonds is 77. The van der Waals surface area contributed by atoms with E-state index in [4.69, 9.17) is 5.73 Å². The monoisotopic (exact) mass is 2200 g/mol. The molecule has 1 aromatic rings. The third-order valence-electron chi connectivity index (χ3n) is 22.7. The van der Waals surface area contributed by atoms with Crippen LogP contribution in [0.5, 0.6) is 5.75 Å². The lowest BCUT2D eigenvalue weighted by molar-refractivity contribution is -0.138. The molecule has 3 heterocycles. The number of carbonyl (C=O) groups is 25. The number of amides is 18. The number of urea groups is 1. The minimum absolute atomic E-state index is 0.00819. The fraction of sp³-hybridized carbons (Fsp3) is 0.667. The van der Waals surface area contributed by atoms with E-state index in [0.717, 1.165) is 56.3 Å². The average Bonchev–Trinajstić information content (AvgIpc) is 1.66. The van der Waals surface area contributed by atoms with Gasteiger partial charge in [-0.1, -0.05) is 65.6 Å². The predicted octanol–water partition coefficient (Wildman–Crippen LogP) is -1.97. The normalized spacial score (nSPS) is 15.4. The van der Waals surface area contributed by atoms with Crippen molar-refractivity contribution in [1.82, 2.24) is 95.7 Å². The van der Waals surface area contributed by atoms with Gasteiger partial charge in [0.25, 0.3) is 0 Å². The number of aromatic hydroxyl groups is 1. The van der Waals surface area contributed by atoms with Crippen LogP contribution in [0.3, 0.4) is 0 Å². The summed E-state index contributed by atoms with van der Waals surface area (Å²) in [5.41, 5.74) is 6.27. The van der Waals surface area contributed by atoms with Crippen molar-refractivity contribution in [2.75, 3.05) is 128 Å². The van der Waals surface area contributed by atoms with E-state index in [1.165, 1.54) is 50.2 Å². The minimum Gasteiger partial charge on any atom is -0.508 e. The number of nitrogens with two attached hydrogens (primary N) is 1. The van der Waals surface area contributed by atoms with Crippen molar-refractivity contribution in [3.8, 4) is 5.75 Å². The molecule has 55 heteroatoms. The molecule has 148 heavy (non-hydrogen) atoms. The van der Waals surface area contributed by atoms with Gasteiger partial charge in [0.2, 0.25) is 94.5 Å². The van der Waals surface area contributed by atoms with Crippen molar-refractivity contribution in [3.05, 3.63) is 29.8 Å². The van der Waals surface area contributed by atoms with Crippen LogP contribution in [0.25, 0.3) is 0 Å². The topological polar surface area (TPSA) is 726 Å². The molecule has 49 nitrogen and oxygen atoms in total. The highest BCUT2D eigenvalue weighted by atomic mass is 32.2. The molecule has 0 bridgehead atoms. The molecule has 4 rings (SSSR count). The zero-order chi connectivity index (χ0) is 109. The number of nitrogens with one attached hydrogen (secondary N) is 18. The van der Waals surface area contributed by atoms with E-state index in [0.29, 0.717) is 60.0 Å². The van der Waals surface area contributed by atoms with Crippen molar-refractivity contribution >= 4 is 215 Å². The summed E-state index contributed by atoms with van der Waals surface area (Å²) in [7, 11) is 4.69. The Kier molecular flexibility index (Phi) is 66.1. The maximum atomic E-state index is 14.4. The summed E-state index contributed by atoms with van der Waals surface area (Å²) >= 11 is 6.17. The van der Waals surface area contributed by atoms with Crippen LogP contribution in [-0.4, -0.2) is 337 Å². The summed E-state index contributed by atoms with van der Waals surface area (Å²) in [4.78, 5) is 323. The van der Waals surface area contributed by atoms with E-state index in [1.54, 1.807) is 11.8 Å². The zero-order valence-corrected chi connectivity index (χ0v) is 88.7. The van der Waals surface area contributed by atoms with E-state index in [-0.39, 0.29) is 291 Å². The Hall–Kier alpha value is -11.6. The number of phenolic OH excluding ortho intramolecular Hbond substituents is 1. The number of hydrogen-bond donors (Lipinski definition) is 20. The van der Waals surface area contributed by atoms with Crippen molar-refractivity contribution in [3.63, 3.8) is 0 Å². The molecule has 18 amide bonds. The summed E-state index contributed by atoms with van der Waals surface area (Å²) < 4.78 is 18.2. The van der Waals surface area contributed by atoms with Gasteiger partial charge in [0.1, 0.15) is 42.0 Å². The minimum atomic E-state index is -1.42. The molecule has 826 valence electrons.